The third-order valence-corrected chi connectivity index (χ3v) is 4.64. The number of halogens is 4. The first-order chi connectivity index (χ1) is 9.70. The zero-order valence-corrected chi connectivity index (χ0v) is 13.2. The number of sulfonamides is 1. The van der Waals surface area contributed by atoms with Crippen LogP contribution in [0.25, 0.3) is 0 Å². The minimum absolute atomic E-state index is 0.00699. The van der Waals surface area contributed by atoms with Gasteiger partial charge in [0.15, 0.2) is 0 Å². The number of aromatic nitrogens is 1. The summed E-state index contributed by atoms with van der Waals surface area (Å²) in [4.78, 5) is 3.37. The van der Waals surface area contributed by atoms with Crippen molar-refractivity contribution in [1.29, 1.82) is 0 Å². The van der Waals surface area contributed by atoms with E-state index in [-0.39, 0.29) is 14.3 Å². The number of pyridine rings is 1. The summed E-state index contributed by atoms with van der Waals surface area (Å²) in [5, 5.41) is 0. The highest BCUT2D eigenvalue weighted by Gasteiger charge is 2.33. The molecular weight excluding hydrogens is 420 g/mol. The minimum Gasteiger partial charge on any atom is -0.277 e. The summed E-state index contributed by atoms with van der Waals surface area (Å²) in [7, 11) is -3.86. The second kappa shape index (κ2) is 5.79. The van der Waals surface area contributed by atoms with E-state index in [4.69, 9.17) is 0 Å². The second-order valence-electron chi connectivity index (χ2n) is 3.95. The van der Waals surface area contributed by atoms with Crippen molar-refractivity contribution >= 4 is 38.3 Å². The molecule has 0 amide bonds. The van der Waals surface area contributed by atoms with Crippen LogP contribution in [-0.2, 0) is 16.2 Å². The SMILES string of the molecule is O=S(=O)(Nc1ccc(C(F)(F)F)nc1I)c1ccccc1. The lowest BCUT2D eigenvalue weighted by Crippen LogP contribution is -2.15. The van der Waals surface area contributed by atoms with Gasteiger partial charge in [-0.1, -0.05) is 18.2 Å². The molecule has 0 fully saturated rings. The number of hydrogen-bond acceptors (Lipinski definition) is 3. The molecule has 4 nitrogen and oxygen atoms in total. The van der Waals surface area contributed by atoms with Crippen molar-refractivity contribution in [2.24, 2.45) is 0 Å². The van der Waals surface area contributed by atoms with E-state index in [0.29, 0.717) is 0 Å². The zero-order valence-electron chi connectivity index (χ0n) is 10.2. The van der Waals surface area contributed by atoms with E-state index in [1.54, 1.807) is 40.8 Å². The number of rotatable bonds is 3. The van der Waals surface area contributed by atoms with Gasteiger partial charge in [0.25, 0.3) is 10.0 Å². The Bertz CT molecular complexity index is 749. The molecule has 0 aliphatic heterocycles. The highest BCUT2D eigenvalue weighted by molar-refractivity contribution is 14.1. The van der Waals surface area contributed by atoms with Gasteiger partial charge in [-0.2, -0.15) is 13.2 Å². The topological polar surface area (TPSA) is 59.1 Å². The van der Waals surface area contributed by atoms with Crippen molar-refractivity contribution in [2.45, 2.75) is 11.1 Å². The van der Waals surface area contributed by atoms with Crippen LogP contribution >= 0.6 is 22.6 Å². The molecule has 9 heteroatoms. The van der Waals surface area contributed by atoms with Gasteiger partial charge >= 0.3 is 6.18 Å². The fourth-order valence-electron chi connectivity index (χ4n) is 1.47. The largest absolute Gasteiger partial charge is 0.433 e. The van der Waals surface area contributed by atoms with Crippen LogP contribution in [0.2, 0.25) is 0 Å². The Morgan fingerprint density at radius 2 is 1.67 bits per heavy atom. The standard InChI is InChI=1S/C12H8F3IN2O2S/c13-12(14,15)10-7-6-9(11(16)17-10)18-21(19,20)8-4-2-1-3-5-8/h1-7,18H. The van der Waals surface area contributed by atoms with Gasteiger partial charge in [-0.25, -0.2) is 13.4 Å². The van der Waals surface area contributed by atoms with Crippen LogP contribution in [0.4, 0.5) is 18.9 Å². The number of nitrogens with one attached hydrogen (secondary N) is 1. The van der Waals surface area contributed by atoms with Crippen LogP contribution in [-0.4, -0.2) is 13.4 Å². The molecule has 21 heavy (non-hydrogen) atoms. The van der Waals surface area contributed by atoms with Crippen LogP contribution in [0.5, 0.6) is 0 Å². The highest BCUT2D eigenvalue weighted by atomic mass is 127. The summed E-state index contributed by atoms with van der Waals surface area (Å²) in [6.45, 7) is 0. The van der Waals surface area contributed by atoms with Crippen molar-refractivity contribution in [2.75, 3.05) is 4.72 Å². The molecule has 0 atom stereocenters. The number of hydrogen-bond donors (Lipinski definition) is 1. The molecule has 0 aliphatic rings. The number of anilines is 1. The summed E-state index contributed by atoms with van der Waals surface area (Å²) in [5.41, 5.74) is -1.08. The van der Waals surface area contributed by atoms with Crippen molar-refractivity contribution in [3.63, 3.8) is 0 Å². The first-order valence-corrected chi connectivity index (χ1v) is 8.08. The summed E-state index contributed by atoms with van der Waals surface area (Å²) in [6.07, 6.45) is -4.57. The fraction of sp³-hybridized carbons (Fsp3) is 0.0833. The quantitative estimate of drug-likeness (QED) is 0.602. The lowest BCUT2D eigenvalue weighted by molar-refractivity contribution is -0.141. The highest BCUT2D eigenvalue weighted by Crippen LogP contribution is 2.30. The Kier molecular flexibility index (Phi) is 4.42. The van der Waals surface area contributed by atoms with Gasteiger partial charge in [0.05, 0.1) is 10.6 Å². The maximum Gasteiger partial charge on any atom is 0.433 e. The van der Waals surface area contributed by atoms with Gasteiger partial charge < -0.3 is 0 Å². The molecule has 1 heterocycles. The summed E-state index contributed by atoms with van der Waals surface area (Å²) < 4.78 is 63.8. The lowest BCUT2D eigenvalue weighted by Gasteiger charge is -2.11. The van der Waals surface area contributed by atoms with Gasteiger partial charge in [-0.15, -0.1) is 0 Å². The number of nitrogens with zero attached hydrogens (tertiary/aromatic N) is 1. The van der Waals surface area contributed by atoms with Crippen LogP contribution in [0, 0.1) is 3.70 Å². The Labute approximate surface area is 132 Å². The molecule has 1 N–H and O–H groups in total. The van der Waals surface area contributed by atoms with E-state index >= 15 is 0 Å². The Hall–Kier alpha value is -1.36. The molecular formula is C12H8F3IN2O2S. The third kappa shape index (κ3) is 3.84. The lowest BCUT2D eigenvalue weighted by atomic mass is 10.3. The smallest absolute Gasteiger partial charge is 0.277 e. The molecule has 1 aromatic heterocycles. The third-order valence-electron chi connectivity index (χ3n) is 2.44. The van der Waals surface area contributed by atoms with Crippen molar-refractivity contribution in [1.82, 2.24) is 4.98 Å². The van der Waals surface area contributed by atoms with Crippen LogP contribution in [0.15, 0.2) is 47.4 Å². The second-order valence-corrected chi connectivity index (χ2v) is 6.66. The molecule has 0 radical (unpaired) electrons. The van der Waals surface area contributed by atoms with Gasteiger partial charge in [0.1, 0.15) is 9.39 Å². The predicted molar refractivity (Wildman–Crippen MR) is 79.2 cm³/mol. The number of alkyl halides is 3. The molecule has 0 bridgehead atoms. The molecule has 0 spiro atoms. The van der Waals surface area contributed by atoms with E-state index in [2.05, 4.69) is 9.71 Å². The molecule has 1 aromatic carbocycles. The normalized spacial score (nSPS) is 12.2. The maximum absolute atomic E-state index is 12.5. The first kappa shape index (κ1) is 16.0. The van der Waals surface area contributed by atoms with E-state index in [9.17, 15) is 21.6 Å². The minimum atomic E-state index is -4.57. The molecule has 0 saturated carbocycles. The Morgan fingerprint density at radius 1 is 1.05 bits per heavy atom. The summed E-state index contributed by atoms with van der Waals surface area (Å²) in [6, 6.07) is 9.28. The summed E-state index contributed by atoms with van der Waals surface area (Å²) in [5.74, 6) is 0. The monoisotopic (exact) mass is 428 g/mol. The average Bonchev–Trinajstić information content (AvgIpc) is 2.41. The van der Waals surface area contributed by atoms with Crippen LogP contribution in [0.1, 0.15) is 5.69 Å². The first-order valence-electron chi connectivity index (χ1n) is 5.52. The van der Waals surface area contributed by atoms with Gasteiger partial charge in [0, 0.05) is 0 Å². The molecule has 0 aliphatic carbocycles. The molecule has 112 valence electrons. The number of benzene rings is 1. The van der Waals surface area contributed by atoms with Crippen molar-refractivity contribution in [3.05, 3.63) is 51.9 Å². The van der Waals surface area contributed by atoms with Gasteiger partial charge in [0.2, 0.25) is 0 Å². The maximum atomic E-state index is 12.5. The van der Waals surface area contributed by atoms with Crippen LogP contribution < -0.4 is 4.72 Å². The molecule has 2 rings (SSSR count). The van der Waals surface area contributed by atoms with E-state index in [1.165, 1.54) is 12.1 Å². The van der Waals surface area contributed by atoms with E-state index in [0.717, 1.165) is 12.1 Å². The Balaban J connectivity index is 2.33. The van der Waals surface area contributed by atoms with Gasteiger partial charge in [-0.05, 0) is 46.9 Å². The predicted octanol–water partition coefficient (Wildman–Crippen LogP) is 3.51. The van der Waals surface area contributed by atoms with Crippen LogP contribution in [0.3, 0.4) is 0 Å². The van der Waals surface area contributed by atoms with Crippen molar-refractivity contribution < 1.29 is 21.6 Å². The molecule has 0 unspecified atom stereocenters. The zero-order chi connectivity index (χ0) is 15.7. The van der Waals surface area contributed by atoms with E-state index in [1.807, 2.05) is 0 Å². The Morgan fingerprint density at radius 3 is 2.19 bits per heavy atom. The van der Waals surface area contributed by atoms with Gasteiger partial charge in [-0.3, -0.25) is 4.72 Å². The molecule has 2 aromatic rings. The summed E-state index contributed by atoms with van der Waals surface area (Å²) >= 11 is 1.55. The molecule has 0 saturated heterocycles. The van der Waals surface area contributed by atoms with E-state index < -0.39 is 21.9 Å². The average molecular weight is 428 g/mol. The fourth-order valence-corrected chi connectivity index (χ4v) is 3.32. The van der Waals surface area contributed by atoms with Crippen molar-refractivity contribution in [3.8, 4) is 0 Å².